The first-order valence-corrected chi connectivity index (χ1v) is 12.4. The fourth-order valence-corrected chi connectivity index (χ4v) is 7.11. The van der Waals surface area contributed by atoms with E-state index in [0.29, 0.717) is 17.9 Å². The number of methoxy groups -OCH3 is 1. The Hall–Kier alpha value is -2.01. The van der Waals surface area contributed by atoms with E-state index in [4.69, 9.17) is 9.47 Å². The lowest BCUT2D eigenvalue weighted by Gasteiger charge is -2.50. The Bertz CT molecular complexity index is 885. The zero-order chi connectivity index (χ0) is 22.5. The molecule has 6 atom stereocenters. The van der Waals surface area contributed by atoms with Gasteiger partial charge in [-0.1, -0.05) is 25.1 Å². The quantitative estimate of drug-likeness (QED) is 0.511. The van der Waals surface area contributed by atoms with Crippen LogP contribution in [0.15, 0.2) is 36.4 Å². The first-order chi connectivity index (χ1) is 15.4. The number of rotatable bonds is 4. The van der Waals surface area contributed by atoms with E-state index in [1.165, 1.54) is 24.1 Å². The molecule has 174 valence electrons. The molecule has 1 aromatic rings. The number of hydrogen-bond acceptors (Lipinski definition) is 5. The number of ether oxygens (including phenoxy) is 2. The second-order valence-electron chi connectivity index (χ2n) is 10.9. The minimum absolute atomic E-state index is 0.00912. The molecule has 0 N–H and O–H groups in total. The fraction of sp³-hybridized carbons (Fsp3) is 0.667. The van der Waals surface area contributed by atoms with Gasteiger partial charge in [0.15, 0.2) is 0 Å². The number of nitrogens with zero attached hydrogens (tertiary/aromatic N) is 2. The van der Waals surface area contributed by atoms with Crippen molar-refractivity contribution in [2.45, 2.75) is 58.1 Å². The third kappa shape index (κ3) is 3.83. The van der Waals surface area contributed by atoms with E-state index in [2.05, 4.69) is 48.4 Å². The smallest absolute Gasteiger partial charge is 0.310 e. The zero-order valence-electron chi connectivity index (χ0n) is 19.9. The van der Waals surface area contributed by atoms with Crippen molar-refractivity contribution in [3.63, 3.8) is 0 Å². The third-order valence-corrected chi connectivity index (χ3v) is 8.87. The predicted octanol–water partition coefficient (Wildman–Crippen LogP) is 4.52. The molecule has 2 saturated heterocycles. The first-order valence-electron chi connectivity index (χ1n) is 12.4. The summed E-state index contributed by atoms with van der Waals surface area (Å²) in [6.07, 6.45) is 5.83. The van der Waals surface area contributed by atoms with Crippen LogP contribution in [0, 0.1) is 23.2 Å². The topological polar surface area (TPSA) is 42.0 Å². The van der Waals surface area contributed by atoms with Gasteiger partial charge in [-0.05, 0) is 62.5 Å². The summed E-state index contributed by atoms with van der Waals surface area (Å²) >= 11 is 0. The zero-order valence-corrected chi connectivity index (χ0v) is 19.9. The minimum Gasteiger partial charge on any atom is -0.497 e. The van der Waals surface area contributed by atoms with Gasteiger partial charge in [-0.25, -0.2) is 0 Å². The van der Waals surface area contributed by atoms with Crippen LogP contribution in [0.25, 0.3) is 0 Å². The highest BCUT2D eigenvalue weighted by atomic mass is 16.6. The summed E-state index contributed by atoms with van der Waals surface area (Å²) in [5, 5.41) is 0. The summed E-state index contributed by atoms with van der Waals surface area (Å²) in [7, 11) is 1.71. The highest BCUT2D eigenvalue weighted by molar-refractivity contribution is 5.75. The lowest BCUT2D eigenvalue weighted by atomic mass is 9.55. The van der Waals surface area contributed by atoms with Crippen molar-refractivity contribution in [3.8, 4) is 5.75 Å². The Morgan fingerprint density at radius 3 is 2.94 bits per heavy atom. The van der Waals surface area contributed by atoms with Crippen molar-refractivity contribution in [3.05, 3.63) is 36.4 Å². The molecule has 5 nitrogen and oxygen atoms in total. The van der Waals surface area contributed by atoms with Gasteiger partial charge >= 0.3 is 5.97 Å². The number of carbonyl (C=O) groups excluding carboxylic acids is 1. The number of piperazine rings is 1. The van der Waals surface area contributed by atoms with Gasteiger partial charge in [-0.2, -0.15) is 0 Å². The van der Waals surface area contributed by atoms with Crippen LogP contribution in [0.1, 0.15) is 46.0 Å². The van der Waals surface area contributed by atoms with Crippen molar-refractivity contribution in [2.24, 2.45) is 23.2 Å². The molecule has 2 aliphatic carbocycles. The van der Waals surface area contributed by atoms with Crippen LogP contribution < -0.4 is 9.64 Å². The molecule has 0 unspecified atom stereocenters. The predicted molar refractivity (Wildman–Crippen MR) is 127 cm³/mol. The Balaban J connectivity index is 1.25. The number of hydrogen-bond donors (Lipinski definition) is 0. The molecule has 5 heteroatoms. The summed E-state index contributed by atoms with van der Waals surface area (Å²) in [4.78, 5) is 17.9. The summed E-state index contributed by atoms with van der Waals surface area (Å²) in [6.45, 7) is 12.8. The minimum atomic E-state index is 0.00912. The molecule has 2 saturated carbocycles. The third-order valence-electron chi connectivity index (χ3n) is 8.87. The van der Waals surface area contributed by atoms with Gasteiger partial charge in [0.05, 0.1) is 13.0 Å². The van der Waals surface area contributed by atoms with Crippen molar-refractivity contribution in [1.82, 2.24) is 4.90 Å². The van der Waals surface area contributed by atoms with E-state index in [1.54, 1.807) is 7.11 Å². The average Bonchev–Trinajstić information content (AvgIpc) is 3.06. The summed E-state index contributed by atoms with van der Waals surface area (Å²) in [5.41, 5.74) is 2.89. The highest BCUT2D eigenvalue weighted by Gasteiger charge is 2.55. The highest BCUT2D eigenvalue weighted by Crippen LogP contribution is 2.57. The largest absolute Gasteiger partial charge is 0.497 e. The molecule has 0 aromatic heterocycles. The molecule has 2 heterocycles. The van der Waals surface area contributed by atoms with Crippen LogP contribution in [-0.4, -0.2) is 56.3 Å². The van der Waals surface area contributed by atoms with Gasteiger partial charge in [-0.3, -0.25) is 9.69 Å². The number of fused-ring (bicyclic) bond motifs is 2. The number of allylic oxidation sites excluding steroid dienone is 1. The molecule has 0 spiro atoms. The van der Waals surface area contributed by atoms with Crippen LogP contribution in [0.5, 0.6) is 5.75 Å². The van der Waals surface area contributed by atoms with Crippen LogP contribution in [0.2, 0.25) is 0 Å². The second kappa shape index (κ2) is 8.40. The van der Waals surface area contributed by atoms with Crippen molar-refractivity contribution in [1.29, 1.82) is 0 Å². The molecule has 2 aliphatic heterocycles. The second-order valence-corrected chi connectivity index (χ2v) is 10.9. The molecule has 32 heavy (non-hydrogen) atoms. The first kappa shape index (κ1) is 21.8. The lowest BCUT2D eigenvalue weighted by Crippen LogP contribution is -2.54. The molecule has 4 fully saturated rings. The number of benzene rings is 1. The summed E-state index contributed by atoms with van der Waals surface area (Å²) in [5.74, 6) is 1.84. The van der Waals surface area contributed by atoms with Gasteiger partial charge in [0.25, 0.3) is 0 Å². The Morgan fingerprint density at radius 2 is 2.16 bits per heavy atom. The Labute approximate surface area is 192 Å². The fourth-order valence-electron chi connectivity index (χ4n) is 7.11. The van der Waals surface area contributed by atoms with Crippen LogP contribution in [0.4, 0.5) is 5.69 Å². The van der Waals surface area contributed by atoms with Crippen molar-refractivity contribution < 1.29 is 14.3 Å². The van der Waals surface area contributed by atoms with Crippen molar-refractivity contribution in [2.75, 3.05) is 38.2 Å². The molecule has 4 aliphatic rings. The van der Waals surface area contributed by atoms with Gasteiger partial charge in [-0.15, -0.1) is 0 Å². The molecule has 1 aromatic carbocycles. The monoisotopic (exact) mass is 438 g/mol. The van der Waals surface area contributed by atoms with Crippen molar-refractivity contribution >= 4 is 11.7 Å². The van der Waals surface area contributed by atoms with E-state index >= 15 is 0 Å². The van der Waals surface area contributed by atoms with E-state index in [0.717, 1.165) is 51.2 Å². The molecule has 0 radical (unpaired) electrons. The van der Waals surface area contributed by atoms with Crippen LogP contribution >= 0.6 is 0 Å². The SMILES string of the molecule is C=C1CCC[C@]2(C)C[C@H]3OC(=O)[C@H](CN4CCN(c5cccc(OC)c5)[C@H](C)C4)[C@H]3C[C@H]12. The van der Waals surface area contributed by atoms with E-state index in [1.807, 2.05) is 6.07 Å². The average molecular weight is 439 g/mol. The number of esters is 1. The van der Waals surface area contributed by atoms with Gasteiger partial charge in [0.1, 0.15) is 11.9 Å². The van der Waals surface area contributed by atoms with E-state index in [-0.39, 0.29) is 23.4 Å². The Kier molecular flexibility index (Phi) is 5.73. The van der Waals surface area contributed by atoms with E-state index in [9.17, 15) is 4.79 Å². The molecule has 0 bridgehead atoms. The van der Waals surface area contributed by atoms with Crippen LogP contribution in [0.3, 0.4) is 0 Å². The summed E-state index contributed by atoms with van der Waals surface area (Å²) in [6, 6.07) is 8.70. The normalized spacial score (nSPS) is 37.6. The van der Waals surface area contributed by atoms with Gasteiger partial charge < -0.3 is 14.4 Å². The van der Waals surface area contributed by atoms with E-state index < -0.39 is 0 Å². The maximum atomic E-state index is 12.9. The van der Waals surface area contributed by atoms with Gasteiger partial charge in [0.2, 0.25) is 0 Å². The van der Waals surface area contributed by atoms with Gasteiger partial charge in [0, 0.05) is 49.9 Å². The lowest BCUT2D eigenvalue weighted by molar-refractivity contribution is -0.146. The number of anilines is 1. The standard InChI is InChI=1S/C27H38N2O3/c1-18-7-6-10-27(3)15-25-22(14-24(18)27)23(26(30)32-25)17-28-11-12-29(19(2)16-28)20-8-5-9-21(13-20)31-4/h5,8-9,13,19,22-25H,1,6-7,10-12,14-17H2,2-4H3/t19-,22-,23-,24-,25-,27-/m1/s1. The maximum absolute atomic E-state index is 12.9. The number of carbonyl (C=O) groups is 1. The van der Waals surface area contributed by atoms with Crippen LogP contribution in [-0.2, 0) is 9.53 Å². The molecule has 0 amide bonds. The molecule has 5 rings (SSSR count). The summed E-state index contributed by atoms with van der Waals surface area (Å²) < 4.78 is 11.4. The Morgan fingerprint density at radius 1 is 1.31 bits per heavy atom. The maximum Gasteiger partial charge on any atom is 0.310 e. The molecular weight excluding hydrogens is 400 g/mol. The molecular formula is C27H38N2O3.